The molecule has 24 heavy (non-hydrogen) atoms. The Morgan fingerprint density at radius 3 is 2.50 bits per heavy atom. The lowest BCUT2D eigenvalue weighted by molar-refractivity contribution is -0.136. The van der Waals surface area contributed by atoms with E-state index in [0.717, 1.165) is 19.3 Å². The van der Waals surface area contributed by atoms with Crippen molar-refractivity contribution in [2.24, 2.45) is 0 Å². The molecule has 132 valence electrons. The summed E-state index contributed by atoms with van der Waals surface area (Å²) >= 11 is 0. The van der Waals surface area contributed by atoms with Crippen molar-refractivity contribution in [1.29, 1.82) is 0 Å². The van der Waals surface area contributed by atoms with Gasteiger partial charge < -0.3 is 10.4 Å². The fraction of sp³-hybridized carbons (Fsp3) is 0.500. The van der Waals surface area contributed by atoms with Gasteiger partial charge in [-0.05, 0) is 37.5 Å². The quantitative estimate of drug-likeness (QED) is 0.803. The van der Waals surface area contributed by atoms with E-state index in [4.69, 9.17) is 5.11 Å². The molecule has 1 fully saturated rings. The van der Waals surface area contributed by atoms with E-state index in [9.17, 15) is 18.0 Å². The van der Waals surface area contributed by atoms with Crippen LogP contribution in [-0.4, -0.2) is 49.3 Å². The van der Waals surface area contributed by atoms with E-state index in [1.165, 1.54) is 16.4 Å². The highest BCUT2D eigenvalue weighted by Gasteiger charge is 2.27. The fourth-order valence-corrected chi connectivity index (χ4v) is 4.18. The Hall–Kier alpha value is -1.93. The van der Waals surface area contributed by atoms with Crippen molar-refractivity contribution in [3.8, 4) is 0 Å². The third-order valence-electron chi connectivity index (χ3n) is 4.03. The SMILES string of the molecule is Cc1ccc(S(=O)(=O)N2CCCCC2)cc1C(=O)NCCC(=O)O. The van der Waals surface area contributed by atoms with Gasteiger partial charge in [0.25, 0.3) is 5.91 Å². The number of amides is 1. The van der Waals surface area contributed by atoms with Crippen LogP contribution in [0.25, 0.3) is 0 Å². The number of aryl methyl sites for hydroxylation is 1. The minimum absolute atomic E-state index is 0.00326. The Kier molecular flexibility index (Phi) is 5.95. The predicted octanol–water partition coefficient (Wildman–Crippen LogP) is 1.37. The molecule has 2 rings (SSSR count). The molecule has 1 heterocycles. The largest absolute Gasteiger partial charge is 0.481 e. The topological polar surface area (TPSA) is 104 Å². The maximum absolute atomic E-state index is 12.7. The first kappa shape index (κ1) is 18.4. The smallest absolute Gasteiger partial charge is 0.305 e. The van der Waals surface area contributed by atoms with E-state index in [2.05, 4.69) is 5.32 Å². The molecule has 1 aromatic carbocycles. The minimum atomic E-state index is -3.61. The van der Waals surface area contributed by atoms with E-state index in [1.807, 2.05) is 0 Å². The molecule has 0 unspecified atom stereocenters. The van der Waals surface area contributed by atoms with E-state index in [0.29, 0.717) is 18.7 Å². The summed E-state index contributed by atoms with van der Waals surface area (Å²) in [5.74, 6) is -1.47. The summed E-state index contributed by atoms with van der Waals surface area (Å²) in [6.45, 7) is 2.70. The normalized spacial score (nSPS) is 15.9. The van der Waals surface area contributed by atoms with Crippen LogP contribution in [0.3, 0.4) is 0 Å². The van der Waals surface area contributed by atoms with Gasteiger partial charge in [0.15, 0.2) is 0 Å². The molecule has 1 aliphatic rings. The molecule has 0 saturated carbocycles. The number of carboxylic acid groups (broad SMARTS) is 1. The van der Waals surface area contributed by atoms with Crippen LogP contribution in [0.2, 0.25) is 0 Å². The third-order valence-corrected chi connectivity index (χ3v) is 5.93. The van der Waals surface area contributed by atoms with Gasteiger partial charge in [-0.2, -0.15) is 4.31 Å². The number of benzene rings is 1. The molecule has 0 bridgehead atoms. The number of rotatable bonds is 6. The van der Waals surface area contributed by atoms with Gasteiger partial charge in [-0.3, -0.25) is 9.59 Å². The van der Waals surface area contributed by atoms with Crippen molar-refractivity contribution in [1.82, 2.24) is 9.62 Å². The Morgan fingerprint density at radius 2 is 1.88 bits per heavy atom. The molecule has 1 aromatic rings. The number of carboxylic acids is 1. The summed E-state index contributed by atoms with van der Waals surface area (Å²) < 4.78 is 26.8. The fourth-order valence-electron chi connectivity index (χ4n) is 2.64. The molecular weight excluding hydrogens is 332 g/mol. The van der Waals surface area contributed by atoms with Crippen LogP contribution in [-0.2, 0) is 14.8 Å². The summed E-state index contributed by atoms with van der Waals surface area (Å²) in [5.41, 5.74) is 0.888. The second-order valence-corrected chi connectivity index (χ2v) is 7.78. The molecule has 0 aliphatic carbocycles. The number of hydrogen-bond donors (Lipinski definition) is 2. The van der Waals surface area contributed by atoms with Crippen LogP contribution in [0.15, 0.2) is 23.1 Å². The summed E-state index contributed by atoms with van der Waals surface area (Å²) in [4.78, 5) is 22.8. The molecule has 1 aliphatic heterocycles. The van der Waals surface area contributed by atoms with Crippen molar-refractivity contribution < 1.29 is 23.1 Å². The van der Waals surface area contributed by atoms with E-state index in [1.54, 1.807) is 13.0 Å². The van der Waals surface area contributed by atoms with Gasteiger partial charge in [-0.1, -0.05) is 12.5 Å². The van der Waals surface area contributed by atoms with Crippen LogP contribution in [0.1, 0.15) is 41.6 Å². The zero-order valence-corrected chi connectivity index (χ0v) is 14.4. The molecule has 0 spiro atoms. The van der Waals surface area contributed by atoms with Gasteiger partial charge in [0, 0.05) is 25.2 Å². The lowest BCUT2D eigenvalue weighted by Crippen LogP contribution is -2.35. The monoisotopic (exact) mass is 354 g/mol. The van der Waals surface area contributed by atoms with Crippen molar-refractivity contribution in [2.45, 2.75) is 37.5 Å². The molecule has 0 radical (unpaired) electrons. The first-order chi connectivity index (χ1) is 11.3. The number of aliphatic carboxylic acids is 1. The van der Waals surface area contributed by atoms with Crippen LogP contribution in [0.5, 0.6) is 0 Å². The number of nitrogens with one attached hydrogen (secondary N) is 1. The summed E-state index contributed by atoms with van der Waals surface area (Å²) in [7, 11) is -3.61. The highest BCUT2D eigenvalue weighted by atomic mass is 32.2. The van der Waals surface area contributed by atoms with Crippen LogP contribution in [0.4, 0.5) is 0 Å². The van der Waals surface area contributed by atoms with Gasteiger partial charge in [-0.25, -0.2) is 8.42 Å². The van der Waals surface area contributed by atoms with Gasteiger partial charge in [0.1, 0.15) is 0 Å². The molecule has 8 heteroatoms. The van der Waals surface area contributed by atoms with Gasteiger partial charge in [0.05, 0.1) is 11.3 Å². The average Bonchev–Trinajstić information content (AvgIpc) is 2.55. The number of sulfonamides is 1. The zero-order chi connectivity index (χ0) is 17.7. The minimum Gasteiger partial charge on any atom is -0.481 e. The van der Waals surface area contributed by atoms with E-state index >= 15 is 0 Å². The summed E-state index contributed by atoms with van der Waals surface area (Å²) in [6, 6.07) is 4.48. The molecule has 0 aromatic heterocycles. The maximum atomic E-state index is 12.7. The molecular formula is C16H22N2O5S. The number of carbonyl (C=O) groups is 2. The van der Waals surface area contributed by atoms with Crippen molar-refractivity contribution in [2.75, 3.05) is 19.6 Å². The Bertz CT molecular complexity index is 724. The number of piperidine rings is 1. The van der Waals surface area contributed by atoms with Crippen LogP contribution in [0, 0.1) is 6.92 Å². The standard InChI is InChI=1S/C16H22N2O5S/c1-12-5-6-13(24(22,23)18-9-3-2-4-10-18)11-14(12)16(21)17-8-7-15(19)20/h5-6,11H,2-4,7-10H2,1H3,(H,17,21)(H,19,20). The van der Waals surface area contributed by atoms with E-state index < -0.39 is 21.9 Å². The van der Waals surface area contributed by atoms with Crippen LogP contribution >= 0.6 is 0 Å². The first-order valence-electron chi connectivity index (χ1n) is 7.93. The molecule has 7 nitrogen and oxygen atoms in total. The summed E-state index contributed by atoms with van der Waals surface area (Å²) in [6.07, 6.45) is 2.52. The Labute approximate surface area is 141 Å². The lowest BCUT2D eigenvalue weighted by atomic mass is 10.1. The first-order valence-corrected chi connectivity index (χ1v) is 9.37. The Morgan fingerprint density at radius 1 is 1.21 bits per heavy atom. The van der Waals surface area contributed by atoms with Gasteiger partial charge >= 0.3 is 5.97 Å². The van der Waals surface area contributed by atoms with Gasteiger partial charge in [-0.15, -0.1) is 0 Å². The molecule has 1 saturated heterocycles. The summed E-state index contributed by atoms with van der Waals surface area (Å²) in [5, 5.41) is 11.1. The second-order valence-electron chi connectivity index (χ2n) is 5.84. The second kappa shape index (κ2) is 7.76. The predicted molar refractivity (Wildman–Crippen MR) is 88.4 cm³/mol. The van der Waals surface area contributed by atoms with Crippen molar-refractivity contribution in [3.63, 3.8) is 0 Å². The lowest BCUT2D eigenvalue weighted by Gasteiger charge is -2.26. The number of nitrogens with zero attached hydrogens (tertiary/aromatic N) is 1. The average molecular weight is 354 g/mol. The maximum Gasteiger partial charge on any atom is 0.305 e. The highest BCUT2D eigenvalue weighted by Crippen LogP contribution is 2.22. The van der Waals surface area contributed by atoms with E-state index in [-0.39, 0.29) is 23.4 Å². The molecule has 0 atom stereocenters. The molecule has 2 N–H and O–H groups in total. The van der Waals surface area contributed by atoms with Crippen molar-refractivity contribution >= 4 is 21.9 Å². The zero-order valence-electron chi connectivity index (χ0n) is 13.6. The number of carbonyl (C=O) groups excluding carboxylic acids is 1. The van der Waals surface area contributed by atoms with Gasteiger partial charge in [0.2, 0.25) is 10.0 Å². The number of hydrogen-bond acceptors (Lipinski definition) is 4. The van der Waals surface area contributed by atoms with Crippen molar-refractivity contribution in [3.05, 3.63) is 29.3 Å². The van der Waals surface area contributed by atoms with Crippen LogP contribution < -0.4 is 5.32 Å². The third kappa shape index (κ3) is 4.33. The Balaban J connectivity index is 2.21. The highest BCUT2D eigenvalue weighted by molar-refractivity contribution is 7.89. The molecule has 1 amide bonds.